The monoisotopic (exact) mass is 237 g/mol. The molecule has 0 spiro atoms. The van der Waals surface area contributed by atoms with E-state index in [9.17, 15) is 4.79 Å². The van der Waals surface area contributed by atoms with Crippen LogP contribution in [0.2, 0.25) is 0 Å². The number of carbonyl (C=O) groups is 1. The summed E-state index contributed by atoms with van der Waals surface area (Å²) in [7, 11) is 1.90. The maximum Gasteiger partial charge on any atom is 0.216 e. The lowest BCUT2D eigenvalue weighted by molar-refractivity contribution is -0.119. The van der Waals surface area contributed by atoms with Gasteiger partial charge in [-0.3, -0.25) is 4.79 Å². The molecule has 1 amide bonds. The number of nitrogens with zero attached hydrogens (tertiary/aromatic N) is 1. The van der Waals surface area contributed by atoms with Crippen molar-refractivity contribution in [3.63, 3.8) is 0 Å². The lowest BCUT2D eigenvalue weighted by Crippen LogP contribution is -2.27. The van der Waals surface area contributed by atoms with Gasteiger partial charge in [-0.25, -0.2) is 0 Å². The number of rotatable bonds is 6. The molecule has 0 atom stereocenters. The number of para-hydroxylation sites is 2. The standard InChI is InChI=1S/C12H19N3O2/c1-10(16)14-7-8-17-12-6-4-3-5-11(12)15(2)9-13/h3-6H,7-9,13H2,1-2H3,(H,14,16). The van der Waals surface area contributed by atoms with Crippen molar-refractivity contribution >= 4 is 11.6 Å². The number of anilines is 1. The van der Waals surface area contributed by atoms with Gasteiger partial charge < -0.3 is 20.7 Å². The molecule has 0 fully saturated rings. The maximum absolute atomic E-state index is 10.7. The highest BCUT2D eigenvalue weighted by molar-refractivity contribution is 5.72. The second-order valence-electron chi connectivity index (χ2n) is 3.68. The van der Waals surface area contributed by atoms with Crippen molar-refractivity contribution < 1.29 is 9.53 Å². The van der Waals surface area contributed by atoms with E-state index in [2.05, 4.69) is 5.32 Å². The quantitative estimate of drug-likeness (QED) is 0.560. The Labute approximate surface area is 102 Å². The molecule has 5 heteroatoms. The van der Waals surface area contributed by atoms with Crippen LogP contribution >= 0.6 is 0 Å². The summed E-state index contributed by atoms with van der Waals surface area (Å²) < 4.78 is 5.60. The molecule has 5 nitrogen and oxygen atoms in total. The van der Waals surface area contributed by atoms with Crippen LogP contribution in [0.5, 0.6) is 5.75 Å². The Morgan fingerprint density at radius 2 is 2.18 bits per heavy atom. The molecule has 0 aromatic heterocycles. The van der Waals surface area contributed by atoms with E-state index in [1.807, 2.05) is 36.2 Å². The van der Waals surface area contributed by atoms with Gasteiger partial charge in [0.15, 0.2) is 0 Å². The van der Waals surface area contributed by atoms with Gasteiger partial charge in [0.25, 0.3) is 0 Å². The fourth-order valence-electron chi connectivity index (χ4n) is 1.38. The number of hydrogen-bond donors (Lipinski definition) is 2. The van der Waals surface area contributed by atoms with Gasteiger partial charge in [0.2, 0.25) is 5.91 Å². The van der Waals surface area contributed by atoms with E-state index in [0.717, 1.165) is 11.4 Å². The highest BCUT2D eigenvalue weighted by Gasteiger charge is 2.06. The first-order valence-electron chi connectivity index (χ1n) is 5.52. The highest BCUT2D eigenvalue weighted by Crippen LogP contribution is 2.26. The maximum atomic E-state index is 10.7. The summed E-state index contributed by atoms with van der Waals surface area (Å²) in [6, 6.07) is 7.67. The van der Waals surface area contributed by atoms with Crippen molar-refractivity contribution in [2.75, 3.05) is 31.8 Å². The minimum atomic E-state index is -0.0547. The van der Waals surface area contributed by atoms with Crippen LogP contribution in [0.3, 0.4) is 0 Å². The number of amides is 1. The van der Waals surface area contributed by atoms with Crippen LogP contribution in [0.1, 0.15) is 6.92 Å². The van der Waals surface area contributed by atoms with E-state index in [4.69, 9.17) is 10.5 Å². The topological polar surface area (TPSA) is 67.6 Å². The van der Waals surface area contributed by atoms with E-state index >= 15 is 0 Å². The Balaban J connectivity index is 2.55. The van der Waals surface area contributed by atoms with Crippen LogP contribution in [0, 0.1) is 0 Å². The summed E-state index contributed by atoms with van der Waals surface area (Å²) >= 11 is 0. The SMILES string of the molecule is CC(=O)NCCOc1ccccc1N(C)CN. The van der Waals surface area contributed by atoms with Gasteiger partial charge >= 0.3 is 0 Å². The Morgan fingerprint density at radius 1 is 1.47 bits per heavy atom. The first-order valence-corrected chi connectivity index (χ1v) is 5.52. The van der Waals surface area contributed by atoms with Crippen molar-refractivity contribution in [3.05, 3.63) is 24.3 Å². The Hall–Kier alpha value is -1.75. The zero-order valence-corrected chi connectivity index (χ0v) is 10.3. The van der Waals surface area contributed by atoms with Crippen molar-refractivity contribution in [1.82, 2.24) is 5.32 Å². The Kier molecular flexibility index (Phi) is 5.29. The molecule has 0 saturated carbocycles. The molecule has 17 heavy (non-hydrogen) atoms. The van der Waals surface area contributed by atoms with Crippen LogP contribution in [0.25, 0.3) is 0 Å². The zero-order chi connectivity index (χ0) is 12.7. The Bertz CT molecular complexity index is 369. The third-order valence-corrected chi connectivity index (χ3v) is 2.28. The van der Waals surface area contributed by atoms with Crippen molar-refractivity contribution in [3.8, 4) is 5.75 Å². The molecule has 0 aliphatic heterocycles. The summed E-state index contributed by atoms with van der Waals surface area (Å²) in [6.45, 7) is 2.84. The molecular weight excluding hydrogens is 218 g/mol. The molecule has 0 aliphatic carbocycles. The summed E-state index contributed by atoms with van der Waals surface area (Å²) in [4.78, 5) is 12.6. The van der Waals surface area contributed by atoms with Crippen LogP contribution in [0.4, 0.5) is 5.69 Å². The molecule has 0 unspecified atom stereocenters. The Morgan fingerprint density at radius 3 is 2.82 bits per heavy atom. The predicted molar refractivity (Wildman–Crippen MR) is 68.1 cm³/mol. The lowest BCUT2D eigenvalue weighted by atomic mass is 10.3. The molecule has 1 aromatic rings. The average Bonchev–Trinajstić information content (AvgIpc) is 2.34. The van der Waals surface area contributed by atoms with Gasteiger partial charge in [-0.15, -0.1) is 0 Å². The van der Waals surface area contributed by atoms with Crippen LogP contribution in [0.15, 0.2) is 24.3 Å². The third-order valence-electron chi connectivity index (χ3n) is 2.28. The molecule has 1 aromatic carbocycles. The van der Waals surface area contributed by atoms with E-state index in [-0.39, 0.29) is 5.91 Å². The van der Waals surface area contributed by atoms with Gasteiger partial charge in [-0.1, -0.05) is 12.1 Å². The molecule has 0 heterocycles. The number of hydrogen-bond acceptors (Lipinski definition) is 4. The second kappa shape index (κ2) is 6.75. The van der Waals surface area contributed by atoms with Crippen molar-refractivity contribution in [2.24, 2.45) is 5.73 Å². The molecule has 0 aliphatic rings. The average molecular weight is 237 g/mol. The van der Waals surface area contributed by atoms with Crippen LogP contribution in [-0.4, -0.2) is 32.8 Å². The molecule has 0 saturated heterocycles. The van der Waals surface area contributed by atoms with Crippen molar-refractivity contribution in [1.29, 1.82) is 0 Å². The minimum Gasteiger partial charge on any atom is -0.490 e. The first-order chi connectivity index (χ1) is 8.15. The molecule has 0 radical (unpaired) electrons. The fourth-order valence-corrected chi connectivity index (χ4v) is 1.38. The van der Waals surface area contributed by atoms with Gasteiger partial charge in [-0.2, -0.15) is 0 Å². The van der Waals surface area contributed by atoms with Crippen molar-refractivity contribution in [2.45, 2.75) is 6.92 Å². The summed E-state index contributed by atoms with van der Waals surface area (Å²) in [5, 5.41) is 2.68. The summed E-state index contributed by atoms with van der Waals surface area (Å²) in [5.41, 5.74) is 6.52. The van der Waals surface area contributed by atoms with E-state index in [0.29, 0.717) is 19.8 Å². The number of ether oxygens (including phenoxy) is 1. The van der Waals surface area contributed by atoms with Gasteiger partial charge in [0.1, 0.15) is 12.4 Å². The third kappa shape index (κ3) is 4.32. The fraction of sp³-hybridized carbons (Fsp3) is 0.417. The number of nitrogens with one attached hydrogen (secondary N) is 1. The van der Waals surface area contributed by atoms with Gasteiger partial charge in [0, 0.05) is 14.0 Å². The minimum absolute atomic E-state index is 0.0547. The molecule has 1 rings (SSSR count). The second-order valence-corrected chi connectivity index (χ2v) is 3.68. The van der Waals surface area contributed by atoms with E-state index in [1.54, 1.807) is 0 Å². The molecular formula is C12H19N3O2. The zero-order valence-electron chi connectivity index (χ0n) is 10.3. The number of carbonyl (C=O) groups excluding carboxylic acids is 1. The number of benzene rings is 1. The lowest BCUT2D eigenvalue weighted by Gasteiger charge is -2.20. The van der Waals surface area contributed by atoms with E-state index < -0.39 is 0 Å². The first kappa shape index (κ1) is 13.3. The normalized spacial score (nSPS) is 9.82. The van der Waals surface area contributed by atoms with Crippen LogP contribution in [-0.2, 0) is 4.79 Å². The summed E-state index contributed by atoms with van der Waals surface area (Å²) in [5.74, 6) is 0.715. The highest BCUT2D eigenvalue weighted by atomic mass is 16.5. The molecule has 0 bridgehead atoms. The predicted octanol–water partition coefficient (Wildman–Crippen LogP) is 0.554. The van der Waals surface area contributed by atoms with E-state index in [1.165, 1.54) is 6.92 Å². The largest absolute Gasteiger partial charge is 0.490 e. The summed E-state index contributed by atoms with van der Waals surface area (Å²) in [6.07, 6.45) is 0. The van der Waals surface area contributed by atoms with Gasteiger partial charge in [0.05, 0.1) is 18.9 Å². The molecule has 94 valence electrons. The smallest absolute Gasteiger partial charge is 0.216 e. The van der Waals surface area contributed by atoms with Crippen LogP contribution < -0.4 is 20.7 Å². The molecule has 3 N–H and O–H groups in total. The van der Waals surface area contributed by atoms with Gasteiger partial charge in [-0.05, 0) is 12.1 Å². The number of nitrogens with two attached hydrogens (primary N) is 1.